The van der Waals surface area contributed by atoms with Crippen LogP contribution in [0.3, 0.4) is 0 Å². The smallest absolute Gasteiger partial charge is 0.126 e. The predicted molar refractivity (Wildman–Crippen MR) is 59.6 cm³/mol. The van der Waals surface area contributed by atoms with E-state index in [9.17, 15) is 5.11 Å². The Hall–Kier alpha value is -1.97. The Morgan fingerprint density at radius 3 is 2.60 bits per heavy atom. The fourth-order valence-electron chi connectivity index (χ4n) is 1.53. The van der Waals surface area contributed by atoms with Gasteiger partial charge in [0.05, 0.1) is 6.20 Å². The van der Waals surface area contributed by atoms with E-state index >= 15 is 0 Å². The topological polar surface area (TPSA) is 74.9 Å². The number of hydrogen-bond acceptors (Lipinski definition) is 3. The molecule has 78 valence electrons. The molecule has 0 saturated heterocycles. The maximum absolute atomic E-state index is 9.98. The summed E-state index contributed by atoms with van der Waals surface area (Å²) in [5.74, 6) is 0.733. The van der Waals surface area contributed by atoms with Gasteiger partial charge < -0.3 is 10.8 Å². The molecule has 2 rings (SSSR count). The lowest BCUT2D eigenvalue weighted by molar-refractivity contribution is 0.472. The normalized spacial score (nSPS) is 10.5. The summed E-state index contributed by atoms with van der Waals surface area (Å²) < 4.78 is 0. The number of benzene rings is 1. The van der Waals surface area contributed by atoms with Crippen molar-refractivity contribution in [2.24, 2.45) is 0 Å². The van der Waals surface area contributed by atoms with Crippen LogP contribution in [0.15, 0.2) is 18.3 Å². The van der Waals surface area contributed by atoms with E-state index in [0.717, 1.165) is 16.7 Å². The number of hydrogen-bond donors (Lipinski definition) is 3. The van der Waals surface area contributed by atoms with Crippen LogP contribution in [0.25, 0.3) is 11.1 Å². The van der Waals surface area contributed by atoms with Crippen LogP contribution >= 0.6 is 0 Å². The number of anilines is 1. The van der Waals surface area contributed by atoms with Crippen molar-refractivity contribution in [3.05, 3.63) is 29.5 Å². The second-order valence-electron chi connectivity index (χ2n) is 3.60. The van der Waals surface area contributed by atoms with E-state index in [-0.39, 0.29) is 5.75 Å². The molecule has 1 aromatic carbocycles. The van der Waals surface area contributed by atoms with Gasteiger partial charge in [0.25, 0.3) is 0 Å². The van der Waals surface area contributed by atoms with Gasteiger partial charge in [-0.05, 0) is 25.0 Å². The minimum absolute atomic E-state index is 0.267. The SMILES string of the molecule is Cc1ccc(-c2cn[nH]c2N)c(O)c1C. The lowest BCUT2D eigenvalue weighted by Crippen LogP contribution is -1.90. The van der Waals surface area contributed by atoms with Gasteiger partial charge in [0.15, 0.2) is 0 Å². The molecule has 0 amide bonds. The highest BCUT2D eigenvalue weighted by Crippen LogP contribution is 2.35. The summed E-state index contributed by atoms with van der Waals surface area (Å²) in [6.07, 6.45) is 1.61. The molecule has 0 aliphatic rings. The summed E-state index contributed by atoms with van der Waals surface area (Å²) in [7, 11) is 0. The van der Waals surface area contributed by atoms with Gasteiger partial charge in [-0.15, -0.1) is 0 Å². The van der Waals surface area contributed by atoms with Gasteiger partial charge in [-0.3, -0.25) is 5.10 Å². The Balaban J connectivity index is 2.65. The second-order valence-corrected chi connectivity index (χ2v) is 3.60. The van der Waals surface area contributed by atoms with E-state index in [4.69, 9.17) is 5.73 Å². The molecule has 0 atom stereocenters. The number of nitrogen functional groups attached to an aromatic ring is 1. The number of phenols is 1. The highest BCUT2D eigenvalue weighted by atomic mass is 16.3. The van der Waals surface area contributed by atoms with Gasteiger partial charge >= 0.3 is 0 Å². The number of aromatic hydroxyl groups is 1. The first-order valence-electron chi connectivity index (χ1n) is 4.69. The maximum Gasteiger partial charge on any atom is 0.126 e. The number of aromatic amines is 1. The highest BCUT2D eigenvalue weighted by molar-refractivity contribution is 5.79. The molecule has 0 unspecified atom stereocenters. The third-order valence-corrected chi connectivity index (χ3v) is 2.66. The molecule has 0 aliphatic heterocycles. The molecular weight excluding hydrogens is 190 g/mol. The molecule has 1 aromatic heterocycles. The Bertz CT molecular complexity index is 503. The molecule has 1 heterocycles. The maximum atomic E-state index is 9.98. The average Bonchev–Trinajstić information content (AvgIpc) is 2.62. The number of aromatic nitrogens is 2. The molecule has 0 aliphatic carbocycles. The molecule has 4 N–H and O–H groups in total. The monoisotopic (exact) mass is 203 g/mol. The van der Waals surface area contributed by atoms with Crippen LogP contribution in [0.2, 0.25) is 0 Å². The molecule has 0 saturated carbocycles. The van der Waals surface area contributed by atoms with Gasteiger partial charge in [-0.25, -0.2) is 0 Å². The highest BCUT2D eigenvalue weighted by Gasteiger charge is 2.12. The van der Waals surface area contributed by atoms with Crippen LogP contribution in [0.1, 0.15) is 11.1 Å². The molecule has 2 aromatic rings. The Labute approximate surface area is 87.7 Å². The summed E-state index contributed by atoms with van der Waals surface area (Å²) in [4.78, 5) is 0. The zero-order valence-electron chi connectivity index (χ0n) is 8.70. The second kappa shape index (κ2) is 3.31. The predicted octanol–water partition coefficient (Wildman–Crippen LogP) is 1.98. The van der Waals surface area contributed by atoms with E-state index in [1.54, 1.807) is 6.20 Å². The Morgan fingerprint density at radius 2 is 2.00 bits per heavy atom. The van der Waals surface area contributed by atoms with Crippen LogP contribution in [0, 0.1) is 13.8 Å². The van der Waals surface area contributed by atoms with Crippen LogP contribution < -0.4 is 5.73 Å². The van der Waals surface area contributed by atoms with Gasteiger partial charge in [0.1, 0.15) is 11.6 Å². The van der Waals surface area contributed by atoms with E-state index in [0.29, 0.717) is 11.4 Å². The summed E-state index contributed by atoms with van der Waals surface area (Å²) in [5, 5.41) is 16.5. The molecule has 4 heteroatoms. The van der Waals surface area contributed by atoms with Crippen molar-refractivity contribution in [3.8, 4) is 16.9 Å². The fraction of sp³-hybridized carbons (Fsp3) is 0.182. The molecule has 15 heavy (non-hydrogen) atoms. The summed E-state index contributed by atoms with van der Waals surface area (Å²) in [5.41, 5.74) is 9.07. The van der Waals surface area contributed by atoms with E-state index in [2.05, 4.69) is 10.2 Å². The van der Waals surface area contributed by atoms with E-state index < -0.39 is 0 Å². The number of nitrogens with two attached hydrogens (primary N) is 1. The van der Waals surface area contributed by atoms with Gasteiger partial charge in [-0.2, -0.15) is 5.10 Å². The van der Waals surface area contributed by atoms with Gasteiger partial charge in [0, 0.05) is 11.1 Å². The van der Waals surface area contributed by atoms with E-state index in [1.807, 2.05) is 26.0 Å². The first-order valence-corrected chi connectivity index (χ1v) is 4.69. The van der Waals surface area contributed by atoms with Gasteiger partial charge in [-0.1, -0.05) is 12.1 Å². The number of aryl methyl sites for hydroxylation is 1. The molecule has 0 spiro atoms. The number of nitrogens with one attached hydrogen (secondary N) is 1. The minimum Gasteiger partial charge on any atom is -0.507 e. The quantitative estimate of drug-likeness (QED) is 0.663. The minimum atomic E-state index is 0.267. The number of H-pyrrole nitrogens is 1. The van der Waals surface area contributed by atoms with Crippen LogP contribution in [0.5, 0.6) is 5.75 Å². The standard InChI is InChI=1S/C11H13N3O/c1-6-3-4-8(10(15)7(6)2)9-5-13-14-11(9)12/h3-5,15H,1-2H3,(H3,12,13,14). The third kappa shape index (κ3) is 1.44. The third-order valence-electron chi connectivity index (χ3n) is 2.66. The molecule has 4 nitrogen and oxygen atoms in total. The zero-order valence-corrected chi connectivity index (χ0v) is 8.70. The number of nitrogens with zero attached hydrogens (tertiary/aromatic N) is 1. The lowest BCUT2D eigenvalue weighted by Gasteiger charge is -2.08. The van der Waals surface area contributed by atoms with Crippen molar-refractivity contribution < 1.29 is 5.11 Å². The largest absolute Gasteiger partial charge is 0.507 e. The Morgan fingerprint density at radius 1 is 1.27 bits per heavy atom. The van der Waals surface area contributed by atoms with Crippen molar-refractivity contribution in [1.29, 1.82) is 0 Å². The molecule has 0 fully saturated rings. The summed E-state index contributed by atoms with van der Waals surface area (Å²) >= 11 is 0. The van der Waals surface area contributed by atoms with E-state index in [1.165, 1.54) is 0 Å². The van der Waals surface area contributed by atoms with Crippen LogP contribution in [-0.4, -0.2) is 15.3 Å². The van der Waals surface area contributed by atoms with Crippen molar-refractivity contribution in [1.82, 2.24) is 10.2 Å². The number of phenolic OH excluding ortho intramolecular Hbond substituents is 1. The average molecular weight is 203 g/mol. The van der Waals surface area contributed by atoms with Crippen LogP contribution in [-0.2, 0) is 0 Å². The molecule has 0 radical (unpaired) electrons. The lowest BCUT2D eigenvalue weighted by atomic mass is 10.0. The van der Waals surface area contributed by atoms with Crippen molar-refractivity contribution in [3.63, 3.8) is 0 Å². The van der Waals surface area contributed by atoms with Crippen molar-refractivity contribution >= 4 is 5.82 Å². The first-order chi connectivity index (χ1) is 7.11. The Kier molecular flexibility index (Phi) is 2.11. The molecular formula is C11H13N3O. The first kappa shape index (κ1) is 9.58. The van der Waals surface area contributed by atoms with Crippen molar-refractivity contribution in [2.45, 2.75) is 13.8 Å². The fourth-order valence-corrected chi connectivity index (χ4v) is 1.53. The van der Waals surface area contributed by atoms with Gasteiger partial charge in [0.2, 0.25) is 0 Å². The van der Waals surface area contributed by atoms with Crippen LogP contribution in [0.4, 0.5) is 5.82 Å². The van der Waals surface area contributed by atoms with Crippen molar-refractivity contribution in [2.75, 3.05) is 5.73 Å². The molecule has 0 bridgehead atoms. The number of rotatable bonds is 1. The summed E-state index contributed by atoms with van der Waals surface area (Å²) in [6, 6.07) is 3.80. The zero-order chi connectivity index (χ0) is 11.0. The summed E-state index contributed by atoms with van der Waals surface area (Å²) in [6.45, 7) is 3.84.